The van der Waals surface area contributed by atoms with Gasteiger partial charge in [0.15, 0.2) is 5.78 Å². The maximum atomic E-state index is 17.0. The highest BCUT2D eigenvalue weighted by Gasteiger charge is 2.71. The Bertz CT molecular complexity index is 1560. The van der Waals surface area contributed by atoms with Gasteiger partial charge < -0.3 is 9.53 Å². The molecule has 4 aliphatic carbocycles. The van der Waals surface area contributed by atoms with E-state index in [0.717, 1.165) is 29.7 Å². The lowest BCUT2D eigenvalue weighted by Crippen LogP contribution is -2.60. The van der Waals surface area contributed by atoms with Gasteiger partial charge in [-0.15, -0.1) is 5.54 Å². The SMILES string of the molecule is CC(C)[Si](C#CC(F)(F)[C@]1(O)CCC2C3CCC4=CC(=O)CCC4=C3[C@@H](c3cccc(O[Si](C)(C)C(C)(C)C)c3)C[C@@]21C)(C(C)C)C(C)C. The van der Waals surface area contributed by atoms with Gasteiger partial charge in [0.25, 0.3) is 0 Å². The maximum Gasteiger partial charge on any atom is 0.336 e. The average molecular weight is 709 g/mol. The Morgan fingerprint density at radius 2 is 1.61 bits per heavy atom. The van der Waals surface area contributed by atoms with Crippen LogP contribution in [-0.4, -0.2) is 38.8 Å². The fourth-order valence-corrected chi connectivity index (χ4v) is 16.7. The van der Waals surface area contributed by atoms with Gasteiger partial charge >= 0.3 is 5.92 Å². The summed E-state index contributed by atoms with van der Waals surface area (Å²) in [4.78, 5) is 12.5. The highest BCUT2D eigenvalue weighted by molar-refractivity contribution is 6.90. The molecule has 2 unspecified atom stereocenters. The van der Waals surface area contributed by atoms with E-state index in [1.165, 1.54) is 11.1 Å². The van der Waals surface area contributed by atoms with Gasteiger partial charge in [0.2, 0.25) is 8.32 Å². The largest absolute Gasteiger partial charge is 0.543 e. The van der Waals surface area contributed by atoms with E-state index in [0.29, 0.717) is 25.7 Å². The Hall–Kier alpha value is -2.02. The highest BCUT2D eigenvalue weighted by Crippen LogP contribution is 2.69. The molecule has 0 aromatic heterocycles. The molecular formula is C42H62F2O3Si2. The van der Waals surface area contributed by atoms with Gasteiger partial charge in [-0.1, -0.05) is 86.9 Å². The first-order chi connectivity index (χ1) is 22.5. The number of carbonyl (C=O) groups is 1. The fourth-order valence-electron chi connectivity index (χ4n) is 10.4. The van der Waals surface area contributed by atoms with E-state index in [1.807, 2.05) is 25.1 Å². The van der Waals surface area contributed by atoms with Gasteiger partial charge in [-0.05, 0) is 126 Å². The van der Waals surface area contributed by atoms with Crippen LogP contribution in [0.2, 0.25) is 34.8 Å². The number of benzene rings is 1. The molecule has 1 aromatic carbocycles. The number of aliphatic hydroxyl groups is 1. The number of fused-ring (bicyclic) bond motifs is 4. The van der Waals surface area contributed by atoms with E-state index in [4.69, 9.17) is 4.43 Å². The highest BCUT2D eigenvalue weighted by atomic mass is 28.4. The van der Waals surface area contributed by atoms with Crippen LogP contribution in [-0.2, 0) is 4.79 Å². The van der Waals surface area contributed by atoms with Crippen LogP contribution in [0.5, 0.6) is 5.75 Å². The lowest BCUT2D eigenvalue weighted by atomic mass is 9.50. The number of carbonyl (C=O) groups excluding carboxylic acids is 1. The molecule has 5 atom stereocenters. The zero-order chi connectivity index (χ0) is 36.5. The molecule has 0 spiro atoms. The molecule has 1 aromatic rings. The molecule has 2 saturated carbocycles. The van der Waals surface area contributed by atoms with Gasteiger partial charge in [0.1, 0.15) is 19.4 Å². The summed E-state index contributed by atoms with van der Waals surface area (Å²) in [5, 5.41) is 12.6. The van der Waals surface area contributed by atoms with E-state index in [-0.39, 0.29) is 51.6 Å². The first kappa shape index (κ1) is 38.2. The Labute approximate surface area is 297 Å². The summed E-state index contributed by atoms with van der Waals surface area (Å²) in [6.07, 6.45) is 5.62. The normalized spacial score (nSPS) is 29.4. The van der Waals surface area contributed by atoms with Gasteiger partial charge in [-0.25, -0.2) is 0 Å². The Kier molecular flexibility index (Phi) is 10.0. The number of ketones is 1. The van der Waals surface area contributed by atoms with Gasteiger partial charge in [-0.2, -0.15) is 8.78 Å². The molecule has 0 amide bonds. The molecular weight excluding hydrogens is 647 g/mol. The quantitative estimate of drug-likeness (QED) is 0.227. The number of hydrogen-bond acceptors (Lipinski definition) is 3. The minimum absolute atomic E-state index is 0.0239. The molecule has 1 N–H and O–H groups in total. The third kappa shape index (κ3) is 6.18. The third-order valence-corrected chi connectivity index (χ3v) is 24.8. The molecule has 5 rings (SSSR count). The molecule has 0 saturated heterocycles. The van der Waals surface area contributed by atoms with Crippen LogP contribution in [0.3, 0.4) is 0 Å². The van der Waals surface area contributed by atoms with Gasteiger partial charge in [0.05, 0.1) is 0 Å². The van der Waals surface area contributed by atoms with E-state index >= 15 is 8.78 Å². The van der Waals surface area contributed by atoms with E-state index in [1.54, 1.807) is 0 Å². The van der Waals surface area contributed by atoms with Crippen molar-refractivity contribution in [1.82, 2.24) is 0 Å². The molecule has 0 radical (unpaired) electrons. The van der Waals surface area contributed by atoms with Crippen molar-refractivity contribution in [3.8, 4) is 17.2 Å². The van der Waals surface area contributed by atoms with E-state index in [2.05, 4.69) is 99.0 Å². The zero-order valence-electron chi connectivity index (χ0n) is 32.3. The second-order valence-electron chi connectivity index (χ2n) is 18.6. The topological polar surface area (TPSA) is 46.5 Å². The summed E-state index contributed by atoms with van der Waals surface area (Å²) in [6.45, 7) is 25.9. The molecule has 0 bridgehead atoms. The van der Waals surface area contributed by atoms with Crippen LogP contribution in [0, 0.1) is 28.7 Å². The zero-order valence-corrected chi connectivity index (χ0v) is 34.3. The number of hydrogen-bond donors (Lipinski definition) is 1. The van der Waals surface area contributed by atoms with E-state index < -0.39 is 33.3 Å². The van der Waals surface area contributed by atoms with E-state index in [9.17, 15) is 9.90 Å². The van der Waals surface area contributed by atoms with Crippen molar-refractivity contribution in [2.24, 2.45) is 17.3 Å². The lowest BCUT2D eigenvalue weighted by molar-refractivity contribution is -0.209. The first-order valence-corrected chi connectivity index (χ1v) is 24.1. The second kappa shape index (κ2) is 12.9. The predicted molar refractivity (Wildman–Crippen MR) is 203 cm³/mol. The van der Waals surface area contributed by atoms with Crippen molar-refractivity contribution in [2.45, 2.75) is 166 Å². The predicted octanol–water partition coefficient (Wildman–Crippen LogP) is 11.6. The molecule has 3 nitrogen and oxygen atoms in total. The van der Waals surface area contributed by atoms with Crippen LogP contribution in [0.1, 0.15) is 126 Å². The number of rotatable bonds is 7. The van der Waals surface area contributed by atoms with Crippen molar-refractivity contribution >= 4 is 22.2 Å². The average Bonchev–Trinajstić information content (AvgIpc) is 3.27. The first-order valence-electron chi connectivity index (χ1n) is 18.9. The second-order valence-corrected chi connectivity index (χ2v) is 28.9. The summed E-state index contributed by atoms with van der Waals surface area (Å²) in [5.41, 5.74) is 5.42. The molecule has 270 valence electrons. The maximum absolute atomic E-state index is 17.0. The van der Waals surface area contributed by atoms with Crippen LogP contribution < -0.4 is 4.43 Å². The lowest BCUT2D eigenvalue weighted by Gasteiger charge is -2.55. The monoisotopic (exact) mass is 708 g/mol. The molecule has 4 aliphatic rings. The number of halogens is 2. The molecule has 0 heterocycles. The van der Waals surface area contributed by atoms with Crippen LogP contribution >= 0.6 is 0 Å². The number of alkyl halides is 2. The van der Waals surface area contributed by atoms with Crippen molar-refractivity contribution in [3.63, 3.8) is 0 Å². The molecule has 2 fully saturated rings. The summed E-state index contributed by atoms with van der Waals surface area (Å²) in [6, 6.07) is 8.29. The summed E-state index contributed by atoms with van der Waals surface area (Å²) in [7, 11) is -4.58. The van der Waals surface area contributed by atoms with Crippen molar-refractivity contribution in [3.05, 3.63) is 52.6 Å². The summed E-state index contributed by atoms with van der Waals surface area (Å²) < 4.78 is 40.8. The molecule has 0 aliphatic heterocycles. The molecule has 7 heteroatoms. The molecule has 49 heavy (non-hydrogen) atoms. The Morgan fingerprint density at radius 3 is 2.20 bits per heavy atom. The smallest absolute Gasteiger partial charge is 0.336 e. The van der Waals surface area contributed by atoms with Gasteiger partial charge in [0, 0.05) is 17.8 Å². The van der Waals surface area contributed by atoms with Crippen molar-refractivity contribution in [1.29, 1.82) is 0 Å². The van der Waals surface area contributed by atoms with Crippen LogP contribution in [0.25, 0.3) is 0 Å². The van der Waals surface area contributed by atoms with Gasteiger partial charge in [-0.3, -0.25) is 4.79 Å². The minimum Gasteiger partial charge on any atom is -0.543 e. The fraction of sp³-hybridized carbons (Fsp3) is 0.690. The summed E-state index contributed by atoms with van der Waals surface area (Å²) >= 11 is 0. The Balaban J connectivity index is 1.65. The Morgan fingerprint density at radius 1 is 0.980 bits per heavy atom. The standard InChI is InChI=1S/C42H62F2O3Si2/c1-27(2)49(28(3)4,29(5)6)23-22-42(43,44)41(46)21-20-37-35-18-16-31-24-32(45)17-19-34(31)38(35)36(26-40(37,41)10)30-14-13-15-33(25-30)47-48(11,12)39(7,8)9/h13-15,24-25,27-29,35-37,46H,16-21,26H2,1-12H3/t35?,36-,37?,40+,41+/m1/s1. The number of allylic oxidation sites excluding steroid dienone is 4. The third-order valence-electron chi connectivity index (χ3n) is 14.1. The summed E-state index contributed by atoms with van der Waals surface area (Å²) in [5.74, 6) is -0.164. The van der Waals surface area contributed by atoms with Crippen LogP contribution in [0.4, 0.5) is 8.78 Å². The van der Waals surface area contributed by atoms with Crippen LogP contribution in [0.15, 0.2) is 47.1 Å². The minimum atomic E-state index is -3.55. The van der Waals surface area contributed by atoms with Crippen molar-refractivity contribution in [2.75, 3.05) is 0 Å². The van der Waals surface area contributed by atoms with Crippen molar-refractivity contribution < 1.29 is 23.1 Å².